The van der Waals surface area contributed by atoms with Crippen LogP contribution < -0.4 is 5.73 Å². The van der Waals surface area contributed by atoms with Gasteiger partial charge in [0.05, 0.1) is 13.0 Å². The van der Waals surface area contributed by atoms with Crippen molar-refractivity contribution in [1.29, 1.82) is 0 Å². The van der Waals surface area contributed by atoms with E-state index in [1.165, 1.54) is 12.7 Å². The maximum atomic E-state index is 11.3. The average molecular weight is 233 g/mol. The fourth-order valence-corrected chi connectivity index (χ4v) is 2.03. The van der Waals surface area contributed by atoms with E-state index in [4.69, 9.17) is 10.5 Å². The third kappa shape index (κ3) is 2.67. The van der Waals surface area contributed by atoms with E-state index in [0.29, 0.717) is 6.42 Å². The summed E-state index contributed by atoms with van der Waals surface area (Å²) in [5.74, 6) is -0.259. The summed E-state index contributed by atoms with van der Waals surface area (Å²) in [7, 11) is 1.42. The zero-order chi connectivity index (χ0) is 12.5. The summed E-state index contributed by atoms with van der Waals surface area (Å²) in [4.78, 5) is 11.3. The molecule has 1 unspecified atom stereocenters. The average Bonchev–Trinajstić information content (AvgIpc) is 3.08. The summed E-state index contributed by atoms with van der Waals surface area (Å²) in [5.41, 5.74) is 8.39. The lowest BCUT2D eigenvalue weighted by molar-refractivity contribution is -0.144. The van der Waals surface area contributed by atoms with E-state index in [2.05, 4.69) is 24.3 Å². The van der Waals surface area contributed by atoms with Gasteiger partial charge in [-0.25, -0.2) is 0 Å². The second kappa shape index (κ2) is 4.49. The molecule has 1 aliphatic carbocycles. The summed E-state index contributed by atoms with van der Waals surface area (Å²) in [6.07, 6.45) is 2.86. The maximum Gasteiger partial charge on any atom is 0.308 e. The Bertz CT molecular complexity index is 407. The molecule has 17 heavy (non-hydrogen) atoms. The molecule has 0 saturated heterocycles. The Morgan fingerprint density at radius 1 is 1.41 bits per heavy atom. The first-order chi connectivity index (χ1) is 8.05. The van der Waals surface area contributed by atoms with E-state index in [1.54, 1.807) is 0 Å². The zero-order valence-corrected chi connectivity index (χ0v) is 10.4. The quantitative estimate of drug-likeness (QED) is 0.809. The van der Waals surface area contributed by atoms with Crippen LogP contribution in [-0.4, -0.2) is 13.1 Å². The van der Waals surface area contributed by atoms with Gasteiger partial charge in [0, 0.05) is 5.54 Å². The Morgan fingerprint density at radius 2 is 2.00 bits per heavy atom. The highest BCUT2D eigenvalue weighted by atomic mass is 16.5. The van der Waals surface area contributed by atoms with Gasteiger partial charge in [0.2, 0.25) is 0 Å². The number of hydrogen-bond acceptors (Lipinski definition) is 3. The van der Waals surface area contributed by atoms with Crippen molar-refractivity contribution in [2.24, 2.45) is 11.7 Å². The number of carbonyl (C=O) groups excluding carboxylic acids is 1. The largest absolute Gasteiger partial charge is 0.469 e. The third-order valence-corrected chi connectivity index (χ3v) is 3.46. The minimum atomic E-state index is -0.161. The van der Waals surface area contributed by atoms with Gasteiger partial charge >= 0.3 is 5.97 Å². The SMILES string of the molecule is COC(=O)C(C)Cc1ccc(C2(N)CC2)cc1. The predicted octanol–water partition coefficient (Wildman–Crippen LogP) is 1.99. The van der Waals surface area contributed by atoms with Gasteiger partial charge in [0.15, 0.2) is 0 Å². The first-order valence-electron chi connectivity index (χ1n) is 6.01. The minimum Gasteiger partial charge on any atom is -0.469 e. The number of rotatable bonds is 4. The highest BCUT2D eigenvalue weighted by Crippen LogP contribution is 2.42. The summed E-state index contributed by atoms with van der Waals surface area (Å²) >= 11 is 0. The smallest absolute Gasteiger partial charge is 0.308 e. The summed E-state index contributed by atoms with van der Waals surface area (Å²) in [5, 5.41) is 0. The normalized spacial score (nSPS) is 18.5. The van der Waals surface area contributed by atoms with Crippen molar-refractivity contribution in [2.75, 3.05) is 7.11 Å². The van der Waals surface area contributed by atoms with Crippen molar-refractivity contribution >= 4 is 5.97 Å². The van der Waals surface area contributed by atoms with Crippen molar-refractivity contribution < 1.29 is 9.53 Å². The van der Waals surface area contributed by atoms with Gasteiger partial charge in [0.25, 0.3) is 0 Å². The number of ether oxygens (including phenoxy) is 1. The topological polar surface area (TPSA) is 52.3 Å². The zero-order valence-electron chi connectivity index (χ0n) is 10.4. The van der Waals surface area contributed by atoms with E-state index < -0.39 is 0 Å². The number of esters is 1. The number of hydrogen-bond donors (Lipinski definition) is 1. The molecule has 1 atom stereocenters. The monoisotopic (exact) mass is 233 g/mol. The van der Waals surface area contributed by atoms with Crippen LogP contribution in [0.3, 0.4) is 0 Å². The van der Waals surface area contributed by atoms with Crippen molar-refractivity contribution in [2.45, 2.75) is 31.7 Å². The molecule has 3 heteroatoms. The molecular formula is C14H19NO2. The van der Waals surface area contributed by atoms with Crippen LogP contribution in [0.25, 0.3) is 0 Å². The predicted molar refractivity (Wildman–Crippen MR) is 66.4 cm³/mol. The molecule has 0 radical (unpaired) electrons. The van der Waals surface area contributed by atoms with Gasteiger partial charge in [-0.1, -0.05) is 31.2 Å². The van der Waals surface area contributed by atoms with Gasteiger partial charge in [-0.05, 0) is 30.4 Å². The fourth-order valence-electron chi connectivity index (χ4n) is 2.03. The molecule has 1 aromatic rings. The Hall–Kier alpha value is -1.35. The Morgan fingerprint density at radius 3 is 2.47 bits per heavy atom. The minimum absolute atomic E-state index is 0.0769. The highest BCUT2D eigenvalue weighted by molar-refractivity contribution is 5.72. The molecule has 0 heterocycles. The highest BCUT2D eigenvalue weighted by Gasteiger charge is 2.39. The van der Waals surface area contributed by atoms with Crippen LogP contribution in [0.15, 0.2) is 24.3 Å². The lowest BCUT2D eigenvalue weighted by Crippen LogP contribution is -2.19. The molecule has 0 aromatic heterocycles. The van der Waals surface area contributed by atoms with E-state index >= 15 is 0 Å². The van der Waals surface area contributed by atoms with E-state index in [9.17, 15) is 4.79 Å². The molecular weight excluding hydrogens is 214 g/mol. The van der Waals surface area contributed by atoms with Gasteiger partial charge in [-0.3, -0.25) is 4.79 Å². The lowest BCUT2D eigenvalue weighted by Gasteiger charge is -2.12. The first kappa shape index (κ1) is 12.1. The third-order valence-electron chi connectivity index (χ3n) is 3.46. The lowest BCUT2D eigenvalue weighted by atomic mass is 9.98. The molecule has 2 N–H and O–H groups in total. The molecule has 1 fully saturated rings. The van der Waals surface area contributed by atoms with Gasteiger partial charge in [-0.2, -0.15) is 0 Å². The molecule has 1 saturated carbocycles. The number of methoxy groups -OCH3 is 1. The second-order valence-corrected chi connectivity index (χ2v) is 4.98. The maximum absolute atomic E-state index is 11.3. The first-order valence-corrected chi connectivity index (χ1v) is 6.01. The summed E-state index contributed by atoms with van der Waals surface area (Å²) < 4.78 is 4.71. The van der Waals surface area contributed by atoms with Crippen LogP contribution in [0.1, 0.15) is 30.9 Å². The van der Waals surface area contributed by atoms with Crippen LogP contribution in [0.2, 0.25) is 0 Å². The van der Waals surface area contributed by atoms with Crippen LogP contribution in [0.4, 0.5) is 0 Å². The van der Waals surface area contributed by atoms with Gasteiger partial charge in [0.1, 0.15) is 0 Å². The number of benzene rings is 1. The van der Waals surface area contributed by atoms with Gasteiger partial charge in [-0.15, -0.1) is 0 Å². The summed E-state index contributed by atoms with van der Waals surface area (Å²) in [6, 6.07) is 8.27. The standard InChI is InChI=1S/C14H19NO2/c1-10(13(16)17-2)9-11-3-5-12(6-4-11)14(15)7-8-14/h3-6,10H,7-9,15H2,1-2H3. The van der Waals surface area contributed by atoms with Crippen molar-refractivity contribution in [3.8, 4) is 0 Å². The van der Waals surface area contributed by atoms with Crippen molar-refractivity contribution in [1.82, 2.24) is 0 Å². The van der Waals surface area contributed by atoms with Crippen LogP contribution in [0.5, 0.6) is 0 Å². The van der Waals surface area contributed by atoms with Crippen LogP contribution >= 0.6 is 0 Å². The Balaban J connectivity index is 2.01. The molecule has 1 aliphatic rings. The molecule has 0 amide bonds. The molecule has 0 bridgehead atoms. The molecule has 2 rings (SSSR count). The summed E-state index contributed by atoms with van der Waals surface area (Å²) in [6.45, 7) is 1.88. The molecule has 1 aromatic carbocycles. The van der Waals surface area contributed by atoms with Crippen LogP contribution in [-0.2, 0) is 21.5 Å². The molecule has 0 spiro atoms. The molecule has 0 aliphatic heterocycles. The Kier molecular flexibility index (Phi) is 3.20. The van der Waals surface area contributed by atoms with E-state index in [1.807, 2.05) is 6.92 Å². The van der Waals surface area contributed by atoms with E-state index in [-0.39, 0.29) is 17.4 Å². The van der Waals surface area contributed by atoms with Crippen molar-refractivity contribution in [3.63, 3.8) is 0 Å². The second-order valence-electron chi connectivity index (χ2n) is 4.98. The Labute approximate surface area is 102 Å². The number of carbonyl (C=O) groups is 1. The number of nitrogens with two attached hydrogens (primary N) is 1. The van der Waals surface area contributed by atoms with Crippen molar-refractivity contribution in [3.05, 3.63) is 35.4 Å². The van der Waals surface area contributed by atoms with Crippen LogP contribution in [0, 0.1) is 5.92 Å². The van der Waals surface area contributed by atoms with Gasteiger partial charge < -0.3 is 10.5 Å². The fraction of sp³-hybridized carbons (Fsp3) is 0.500. The molecule has 92 valence electrons. The van der Waals surface area contributed by atoms with E-state index in [0.717, 1.165) is 18.4 Å². The molecule has 3 nitrogen and oxygen atoms in total.